The smallest absolute Gasteiger partial charge is 0.270 e. The van der Waals surface area contributed by atoms with E-state index < -0.39 is 5.56 Å². The van der Waals surface area contributed by atoms with Crippen molar-refractivity contribution in [1.29, 1.82) is 5.26 Å². The second kappa shape index (κ2) is 5.30. The zero-order valence-corrected chi connectivity index (χ0v) is 12.7. The van der Waals surface area contributed by atoms with Crippen molar-refractivity contribution < 1.29 is 0 Å². The van der Waals surface area contributed by atoms with Crippen LogP contribution in [0.5, 0.6) is 0 Å². The van der Waals surface area contributed by atoms with Crippen molar-refractivity contribution in [2.24, 2.45) is 0 Å². The van der Waals surface area contributed by atoms with Gasteiger partial charge in [-0.2, -0.15) is 5.26 Å². The number of fused-ring (bicyclic) bond motifs is 1. The minimum Gasteiger partial charge on any atom is -0.397 e. The molecule has 0 fully saturated rings. The summed E-state index contributed by atoms with van der Waals surface area (Å²) in [5, 5.41) is 9.81. The Hall–Kier alpha value is -2.62. The van der Waals surface area contributed by atoms with Crippen molar-refractivity contribution in [1.82, 2.24) is 9.97 Å². The fraction of sp³-hybridized carbons (Fsp3) is 0. The number of H-pyrrole nitrogens is 2. The molecule has 0 aliphatic heterocycles. The third-order valence-corrected chi connectivity index (χ3v) is 4.01. The average Bonchev–Trinajstić information content (AvgIpc) is 2.52. The predicted molar refractivity (Wildman–Crippen MR) is 89.3 cm³/mol. The number of nitrogen functional groups attached to an aromatic ring is 1. The van der Waals surface area contributed by atoms with Gasteiger partial charge in [0.2, 0.25) is 0 Å². The van der Waals surface area contributed by atoms with Crippen molar-refractivity contribution in [3.05, 3.63) is 55.9 Å². The molecule has 0 bridgehead atoms. The van der Waals surface area contributed by atoms with Crippen LogP contribution in [0.2, 0.25) is 5.02 Å². The first-order valence-corrected chi connectivity index (χ1v) is 7.06. The van der Waals surface area contributed by atoms with E-state index in [1.54, 1.807) is 0 Å². The van der Waals surface area contributed by atoms with E-state index in [9.17, 15) is 10.1 Å². The lowest BCUT2D eigenvalue weighted by atomic mass is 9.97. The Kier molecular flexibility index (Phi) is 3.45. The topological polar surface area (TPSA) is 98.5 Å². The summed E-state index contributed by atoms with van der Waals surface area (Å²) in [6.07, 6.45) is 0. The molecule has 5 nitrogen and oxygen atoms in total. The minimum atomic E-state index is -0.513. The van der Waals surface area contributed by atoms with Crippen molar-refractivity contribution in [2.45, 2.75) is 0 Å². The van der Waals surface area contributed by atoms with Gasteiger partial charge >= 0.3 is 0 Å². The van der Waals surface area contributed by atoms with Gasteiger partial charge in [0, 0.05) is 10.9 Å². The third-order valence-electron chi connectivity index (χ3n) is 3.33. The number of nitrogens with zero attached hydrogens (tertiary/aromatic N) is 1. The number of hydrogen-bond donors (Lipinski definition) is 3. The zero-order valence-electron chi connectivity index (χ0n) is 11.1. The molecule has 0 aliphatic carbocycles. The molecule has 0 spiro atoms. The van der Waals surface area contributed by atoms with Gasteiger partial charge in [-0.25, -0.2) is 0 Å². The van der Waals surface area contributed by atoms with E-state index in [0.29, 0.717) is 16.6 Å². The lowest BCUT2D eigenvalue weighted by molar-refractivity contribution is 1.21. The van der Waals surface area contributed by atoms with Crippen molar-refractivity contribution >= 4 is 40.5 Å². The first-order chi connectivity index (χ1) is 10.5. The van der Waals surface area contributed by atoms with Crippen LogP contribution >= 0.6 is 23.8 Å². The Morgan fingerprint density at radius 1 is 1.23 bits per heavy atom. The van der Waals surface area contributed by atoms with Crippen LogP contribution in [0, 0.1) is 16.0 Å². The summed E-state index contributed by atoms with van der Waals surface area (Å²) in [5.74, 6) is 0. The fourth-order valence-corrected chi connectivity index (χ4v) is 2.76. The molecule has 0 saturated heterocycles. The van der Waals surface area contributed by atoms with Crippen LogP contribution < -0.4 is 11.3 Å². The molecule has 4 N–H and O–H groups in total. The third kappa shape index (κ3) is 2.08. The van der Waals surface area contributed by atoms with Gasteiger partial charge in [0.15, 0.2) is 0 Å². The standard InChI is InChI=1S/C15H9ClN4OS/c16-11-12(18)10-9(7-4-2-1-3-5-7)8(6-17)15(22)20-13(10)19-14(11)21/h1-5H,(H4,18,19,20,21,22). The molecule has 0 aliphatic rings. The normalized spacial score (nSPS) is 10.5. The van der Waals surface area contributed by atoms with Crippen LogP contribution in [0.1, 0.15) is 5.56 Å². The van der Waals surface area contributed by atoms with Crippen LogP contribution in [0.3, 0.4) is 0 Å². The number of aromatic nitrogens is 2. The van der Waals surface area contributed by atoms with Crippen molar-refractivity contribution in [3.63, 3.8) is 0 Å². The van der Waals surface area contributed by atoms with E-state index in [1.165, 1.54) is 0 Å². The number of halogens is 1. The maximum atomic E-state index is 11.8. The molecule has 0 radical (unpaired) electrons. The van der Waals surface area contributed by atoms with E-state index in [0.717, 1.165) is 5.56 Å². The number of anilines is 1. The monoisotopic (exact) mass is 328 g/mol. The van der Waals surface area contributed by atoms with Gasteiger partial charge in [-0.15, -0.1) is 0 Å². The first-order valence-electron chi connectivity index (χ1n) is 6.27. The number of rotatable bonds is 1. The number of hydrogen-bond acceptors (Lipinski definition) is 4. The highest BCUT2D eigenvalue weighted by Crippen LogP contribution is 2.35. The van der Waals surface area contributed by atoms with Gasteiger partial charge in [0.25, 0.3) is 5.56 Å². The van der Waals surface area contributed by atoms with Gasteiger partial charge in [0.1, 0.15) is 21.4 Å². The second-order valence-corrected chi connectivity index (χ2v) is 5.40. The van der Waals surface area contributed by atoms with Crippen LogP contribution in [0.4, 0.5) is 5.69 Å². The van der Waals surface area contributed by atoms with Crippen LogP contribution in [-0.2, 0) is 0 Å². The Morgan fingerprint density at radius 2 is 1.91 bits per heavy atom. The first kappa shape index (κ1) is 14.3. The molecule has 22 heavy (non-hydrogen) atoms. The molecule has 0 unspecified atom stereocenters. The van der Waals surface area contributed by atoms with Gasteiger partial charge in [0.05, 0.1) is 11.3 Å². The number of nitrogens with two attached hydrogens (primary N) is 1. The number of aromatic amines is 2. The van der Waals surface area contributed by atoms with E-state index in [1.807, 2.05) is 30.3 Å². The summed E-state index contributed by atoms with van der Waals surface area (Å²) in [4.78, 5) is 17.2. The van der Waals surface area contributed by atoms with Crippen molar-refractivity contribution in [3.8, 4) is 17.2 Å². The molecule has 0 saturated carbocycles. The maximum Gasteiger partial charge on any atom is 0.270 e. The Balaban J connectivity index is 2.64. The van der Waals surface area contributed by atoms with Gasteiger partial charge < -0.3 is 15.7 Å². The summed E-state index contributed by atoms with van der Waals surface area (Å²) >= 11 is 11.2. The molecule has 0 amide bonds. The van der Waals surface area contributed by atoms with E-state index in [2.05, 4.69) is 16.0 Å². The molecular weight excluding hydrogens is 320 g/mol. The number of benzene rings is 1. The highest BCUT2D eigenvalue weighted by Gasteiger charge is 2.18. The summed E-state index contributed by atoms with van der Waals surface area (Å²) in [6.45, 7) is 0. The maximum absolute atomic E-state index is 11.8. The molecule has 3 rings (SSSR count). The SMILES string of the molecule is N#Cc1c(-c2ccccc2)c2c(N)c(Cl)c(=O)[nH]c2[nH]c1=S. The molecule has 1 aromatic carbocycles. The van der Waals surface area contributed by atoms with E-state index in [-0.39, 0.29) is 20.9 Å². The van der Waals surface area contributed by atoms with E-state index >= 15 is 0 Å². The highest BCUT2D eigenvalue weighted by atomic mass is 35.5. The quantitative estimate of drug-likeness (QED) is 0.596. The number of pyridine rings is 2. The largest absolute Gasteiger partial charge is 0.397 e. The van der Waals surface area contributed by atoms with Crippen molar-refractivity contribution in [2.75, 3.05) is 5.73 Å². The molecule has 3 aromatic rings. The summed E-state index contributed by atoms with van der Waals surface area (Å²) in [5.41, 5.74) is 7.56. The molecule has 108 valence electrons. The number of nitrogens with one attached hydrogen (secondary N) is 2. The number of nitriles is 1. The van der Waals surface area contributed by atoms with Crippen LogP contribution in [0.15, 0.2) is 35.1 Å². The lowest BCUT2D eigenvalue weighted by Crippen LogP contribution is -2.11. The van der Waals surface area contributed by atoms with Crippen LogP contribution in [0.25, 0.3) is 22.2 Å². The van der Waals surface area contributed by atoms with Gasteiger partial charge in [-0.1, -0.05) is 54.2 Å². The predicted octanol–water partition coefficient (Wildman–Crippen LogP) is 3.36. The minimum absolute atomic E-state index is 0.112. The fourth-order valence-electron chi connectivity index (χ4n) is 2.37. The highest BCUT2D eigenvalue weighted by molar-refractivity contribution is 7.71. The molecule has 0 atom stereocenters. The second-order valence-electron chi connectivity index (χ2n) is 4.61. The van der Waals surface area contributed by atoms with Gasteiger partial charge in [-0.3, -0.25) is 4.79 Å². The van der Waals surface area contributed by atoms with Crippen LogP contribution in [-0.4, -0.2) is 9.97 Å². The Morgan fingerprint density at radius 3 is 2.55 bits per heavy atom. The molecular formula is C15H9ClN4OS. The lowest BCUT2D eigenvalue weighted by Gasteiger charge is -2.12. The zero-order chi connectivity index (χ0) is 15.9. The van der Waals surface area contributed by atoms with E-state index in [4.69, 9.17) is 29.6 Å². The summed E-state index contributed by atoms with van der Waals surface area (Å²) in [6, 6.07) is 11.3. The Labute approximate surface area is 135 Å². The molecule has 2 heterocycles. The average molecular weight is 329 g/mol. The summed E-state index contributed by atoms with van der Waals surface area (Å²) in [7, 11) is 0. The Bertz CT molecular complexity index is 1050. The molecule has 2 aromatic heterocycles. The summed E-state index contributed by atoms with van der Waals surface area (Å²) < 4.78 is 0.228. The molecule has 7 heteroatoms. The van der Waals surface area contributed by atoms with Gasteiger partial charge in [-0.05, 0) is 5.56 Å².